The fraction of sp³-hybridized carbons (Fsp3) is 0. The number of rotatable bonds is 1. The number of hydrogen-bond donors (Lipinski definition) is 1. The topological polar surface area (TPSA) is 46.0 Å². The highest BCUT2D eigenvalue weighted by Crippen LogP contribution is 2.30. The zero-order chi connectivity index (χ0) is 11.8. The molecule has 0 aliphatic rings. The van der Waals surface area contributed by atoms with Gasteiger partial charge in [-0.2, -0.15) is 0 Å². The molecule has 2 heterocycles. The van der Waals surface area contributed by atoms with E-state index in [0.29, 0.717) is 22.1 Å². The smallest absolute Gasteiger partial charge is 0.182 e. The van der Waals surface area contributed by atoms with E-state index in [9.17, 15) is 4.79 Å². The van der Waals surface area contributed by atoms with Crippen molar-refractivity contribution in [3.8, 4) is 11.5 Å². The Balaban J connectivity index is 2.25. The van der Waals surface area contributed by atoms with Crippen molar-refractivity contribution >= 4 is 22.6 Å². The molecule has 2 aromatic heterocycles. The lowest BCUT2D eigenvalue weighted by Crippen LogP contribution is -1.97. The molecule has 1 N–H and O–H groups in total. The molecule has 0 unspecified atom stereocenters. The fourth-order valence-electron chi connectivity index (χ4n) is 1.75. The van der Waals surface area contributed by atoms with Crippen LogP contribution in [0.2, 0.25) is 5.02 Å². The summed E-state index contributed by atoms with van der Waals surface area (Å²) in [6, 6.07) is 10.3. The molecule has 0 bridgehead atoms. The maximum absolute atomic E-state index is 11.3. The average Bonchev–Trinajstić information content (AvgIpc) is 2.74. The van der Waals surface area contributed by atoms with Crippen molar-refractivity contribution in [1.29, 1.82) is 0 Å². The molecular formula is C13H8ClNO2. The largest absolute Gasteiger partial charge is 0.453 e. The number of H-pyrrole nitrogens is 1. The summed E-state index contributed by atoms with van der Waals surface area (Å²) in [5.74, 6) is 0.603. The van der Waals surface area contributed by atoms with E-state index < -0.39 is 0 Å². The first kappa shape index (κ1) is 10.2. The van der Waals surface area contributed by atoms with Gasteiger partial charge >= 0.3 is 0 Å². The molecule has 0 aliphatic heterocycles. The summed E-state index contributed by atoms with van der Waals surface area (Å²) in [7, 11) is 0. The third-order valence-corrected chi connectivity index (χ3v) is 2.83. The third-order valence-electron chi connectivity index (χ3n) is 2.53. The summed E-state index contributed by atoms with van der Waals surface area (Å²) in [5, 5.41) is 1.48. The SMILES string of the molecule is O=c1cc[nH]c(-c2cc3cccc(Cl)c3o2)c1. The van der Waals surface area contributed by atoms with E-state index in [-0.39, 0.29) is 5.43 Å². The van der Waals surface area contributed by atoms with E-state index in [2.05, 4.69) is 4.98 Å². The van der Waals surface area contributed by atoms with E-state index in [1.54, 1.807) is 12.3 Å². The molecule has 0 fully saturated rings. The first-order chi connectivity index (χ1) is 8.24. The van der Waals surface area contributed by atoms with Gasteiger partial charge in [-0.3, -0.25) is 4.79 Å². The van der Waals surface area contributed by atoms with E-state index >= 15 is 0 Å². The van der Waals surface area contributed by atoms with Crippen LogP contribution in [0.15, 0.2) is 51.8 Å². The lowest BCUT2D eigenvalue weighted by Gasteiger charge is -1.94. The number of nitrogens with one attached hydrogen (secondary N) is 1. The minimum absolute atomic E-state index is 0.0645. The number of aromatic amines is 1. The molecule has 0 atom stereocenters. The van der Waals surface area contributed by atoms with Crippen molar-refractivity contribution in [2.45, 2.75) is 0 Å². The van der Waals surface area contributed by atoms with Gasteiger partial charge < -0.3 is 9.40 Å². The maximum atomic E-state index is 11.3. The van der Waals surface area contributed by atoms with Crippen LogP contribution in [-0.4, -0.2) is 4.98 Å². The number of pyridine rings is 1. The van der Waals surface area contributed by atoms with E-state index in [4.69, 9.17) is 16.0 Å². The number of aromatic nitrogens is 1. The van der Waals surface area contributed by atoms with Crippen LogP contribution in [0, 0.1) is 0 Å². The summed E-state index contributed by atoms with van der Waals surface area (Å²) in [4.78, 5) is 14.2. The zero-order valence-corrected chi connectivity index (χ0v) is 9.49. The minimum atomic E-state index is -0.0645. The summed E-state index contributed by atoms with van der Waals surface area (Å²) in [6.07, 6.45) is 1.59. The second kappa shape index (κ2) is 3.79. The highest BCUT2D eigenvalue weighted by molar-refractivity contribution is 6.34. The highest BCUT2D eigenvalue weighted by atomic mass is 35.5. The minimum Gasteiger partial charge on any atom is -0.453 e. The Labute approximate surface area is 102 Å². The number of furan rings is 1. The van der Waals surface area contributed by atoms with E-state index in [1.165, 1.54) is 12.1 Å². The van der Waals surface area contributed by atoms with Crippen molar-refractivity contribution in [1.82, 2.24) is 4.98 Å². The number of halogens is 1. The van der Waals surface area contributed by atoms with Crippen LogP contribution in [0.4, 0.5) is 0 Å². The molecule has 0 spiro atoms. The molecule has 0 radical (unpaired) electrons. The van der Waals surface area contributed by atoms with Crippen LogP contribution in [0.3, 0.4) is 0 Å². The Morgan fingerprint density at radius 2 is 2.06 bits per heavy atom. The Kier molecular flexibility index (Phi) is 2.27. The van der Waals surface area contributed by atoms with Gasteiger partial charge in [0, 0.05) is 23.7 Å². The Hall–Kier alpha value is -2.00. The van der Waals surface area contributed by atoms with Crippen molar-refractivity contribution < 1.29 is 4.42 Å². The van der Waals surface area contributed by atoms with Gasteiger partial charge in [0.25, 0.3) is 0 Å². The molecule has 3 aromatic rings. The second-order valence-corrected chi connectivity index (χ2v) is 4.11. The average molecular weight is 246 g/mol. The van der Waals surface area contributed by atoms with Crippen molar-refractivity contribution in [2.75, 3.05) is 0 Å². The molecule has 84 valence electrons. The summed E-state index contributed by atoms with van der Waals surface area (Å²) >= 11 is 6.02. The van der Waals surface area contributed by atoms with Crippen molar-refractivity contribution in [2.24, 2.45) is 0 Å². The van der Waals surface area contributed by atoms with Gasteiger partial charge in [0.05, 0.1) is 10.7 Å². The first-order valence-corrected chi connectivity index (χ1v) is 5.49. The number of para-hydroxylation sites is 1. The number of benzene rings is 1. The Morgan fingerprint density at radius 3 is 2.82 bits per heavy atom. The lowest BCUT2D eigenvalue weighted by molar-refractivity contribution is 0.629. The standard InChI is InChI=1S/C13H8ClNO2/c14-10-3-1-2-8-6-12(17-13(8)10)11-7-9(16)4-5-15-11/h1-7H,(H,15,16). The molecule has 0 saturated carbocycles. The predicted octanol–water partition coefficient (Wildman–Crippen LogP) is 3.44. The molecule has 0 saturated heterocycles. The number of fused-ring (bicyclic) bond motifs is 1. The van der Waals surface area contributed by atoms with Gasteiger partial charge in [0.2, 0.25) is 0 Å². The summed E-state index contributed by atoms with van der Waals surface area (Å²) in [5.41, 5.74) is 1.21. The molecule has 3 rings (SSSR count). The number of hydrogen-bond acceptors (Lipinski definition) is 2. The van der Waals surface area contributed by atoms with Crippen LogP contribution in [0.5, 0.6) is 0 Å². The molecular weight excluding hydrogens is 238 g/mol. The van der Waals surface area contributed by atoms with Crippen LogP contribution in [-0.2, 0) is 0 Å². The van der Waals surface area contributed by atoms with Crippen molar-refractivity contribution in [3.63, 3.8) is 0 Å². The van der Waals surface area contributed by atoms with Gasteiger partial charge in [-0.1, -0.05) is 23.7 Å². The monoisotopic (exact) mass is 245 g/mol. The second-order valence-electron chi connectivity index (χ2n) is 3.71. The van der Waals surface area contributed by atoms with Gasteiger partial charge in [-0.05, 0) is 12.1 Å². The lowest BCUT2D eigenvalue weighted by atomic mass is 10.2. The van der Waals surface area contributed by atoms with Crippen LogP contribution >= 0.6 is 11.6 Å². The molecule has 1 aromatic carbocycles. The maximum Gasteiger partial charge on any atom is 0.182 e. The molecule has 17 heavy (non-hydrogen) atoms. The Bertz CT molecular complexity index is 742. The molecule has 0 aliphatic carbocycles. The fourth-order valence-corrected chi connectivity index (χ4v) is 1.97. The van der Waals surface area contributed by atoms with E-state index in [1.807, 2.05) is 18.2 Å². The van der Waals surface area contributed by atoms with Gasteiger partial charge in [0.1, 0.15) is 0 Å². The normalized spacial score (nSPS) is 10.9. The van der Waals surface area contributed by atoms with Gasteiger partial charge in [-0.15, -0.1) is 0 Å². The zero-order valence-electron chi connectivity index (χ0n) is 8.74. The predicted molar refractivity (Wildman–Crippen MR) is 67.3 cm³/mol. The quantitative estimate of drug-likeness (QED) is 0.714. The van der Waals surface area contributed by atoms with Crippen molar-refractivity contribution in [3.05, 3.63) is 57.8 Å². The summed E-state index contributed by atoms with van der Waals surface area (Å²) in [6.45, 7) is 0. The molecule has 0 amide bonds. The van der Waals surface area contributed by atoms with Gasteiger partial charge in [0.15, 0.2) is 16.8 Å². The third kappa shape index (κ3) is 1.74. The van der Waals surface area contributed by atoms with Gasteiger partial charge in [-0.25, -0.2) is 0 Å². The first-order valence-electron chi connectivity index (χ1n) is 5.11. The molecule has 4 heteroatoms. The highest BCUT2D eigenvalue weighted by Gasteiger charge is 2.08. The Morgan fingerprint density at radius 1 is 1.18 bits per heavy atom. The summed E-state index contributed by atoms with van der Waals surface area (Å²) < 4.78 is 5.64. The molecule has 3 nitrogen and oxygen atoms in total. The van der Waals surface area contributed by atoms with Crippen LogP contribution in [0.25, 0.3) is 22.4 Å². The van der Waals surface area contributed by atoms with E-state index in [0.717, 1.165) is 5.39 Å². The van der Waals surface area contributed by atoms with Crippen LogP contribution in [0.1, 0.15) is 0 Å². The van der Waals surface area contributed by atoms with Crippen LogP contribution < -0.4 is 5.43 Å².